The molecule has 0 radical (unpaired) electrons. The van der Waals surface area contributed by atoms with Crippen LogP contribution >= 0.6 is 0 Å². The summed E-state index contributed by atoms with van der Waals surface area (Å²) >= 11 is 0. The molecule has 1 aliphatic carbocycles. The minimum absolute atomic E-state index is 0.288. The first-order valence-corrected chi connectivity index (χ1v) is 10.7. The highest BCUT2D eigenvalue weighted by Crippen LogP contribution is 2.33. The highest BCUT2D eigenvalue weighted by molar-refractivity contribution is 6.01. The largest absolute Gasteiger partial charge is 0.495 e. The Balaban J connectivity index is 1.28. The number of carbonyl (C=O) groups excluding carboxylic acids is 1. The fourth-order valence-electron chi connectivity index (χ4n) is 4.20. The van der Waals surface area contributed by atoms with Crippen molar-refractivity contribution >= 4 is 34.1 Å². The van der Waals surface area contributed by atoms with Gasteiger partial charge >= 0.3 is 6.03 Å². The smallest absolute Gasteiger partial charge is 0.323 e. The summed E-state index contributed by atoms with van der Waals surface area (Å²) in [6.07, 6.45) is 2.16. The van der Waals surface area contributed by atoms with Crippen molar-refractivity contribution in [1.29, 1.82) is 0 Å². The molecule has 160 valence electrons. The quantitative estimate of drug-likeness (QED) is 0.368. The number of nitrogens with one attached hydrogen (secondary N) is 3. The van der Waals surface area contributed by atoms with E-state index < -0.39 is 0 Å². The maximum Gasteiger partial charge on any atom is 0.323 e. The summed E-state index contributed by atoms with van der Waals surface area (Å²) in [6, 6.07) is 25.5. The first-order chi connectivity index (χ1) is 15.7. The lowest BCUT2D eigenvalue weighted by atomic mass is 10.1. The van der Waals surface area contributed by atoms with Gasteiger partial charge in [-0.1, -0.05) is 36.4 Å². The SMILES string of the molecule is COc1ccccc1NC(=O)Nc1ccc2nc(N[C@@H]3CCc4ccccc43)ccc2c1. The molecular weight excluding hydrogens is 400 g/mol. The van der Waals surface area contributed by atoms with Gasteiger partial charge in [-0.15, -0.1) is 0 Å². The van der Waals surface area contributed by atoms with E-state index in [0.29, 0.717) is 17.1 Å². The van der Waals surface area contributed by atoms with Crippen LogP contribution in [0.5, 0.6) is 5.75 Å². The number of aromatic nitrogens is 1. The van der Waals surface area contributed by atoms with Gasteiger partial charge in [-0.3, -0.25) is 0 Å². The number of anilines is 3. The van der Waals surface area contributed by atoms with Crippen molar-refractivity contribution in [1.82, 2.24) is 4.98 Å². The molecule has 1 aromatic heterocycles. The first-order valence-electron chi connectivity index (χ1n) is 10.7. The van der Waals surface area contributed by atoms with Crippen LogP contribution in [0.4, 0.5) is 22.0 Å². The Labute approximate surface area is 186 Å². The van der Waals surface area contributed by atoms with Gasteiger partial charge in [0.05, 0.1) is 24.4 Å². The lowest BCUT2D eigenvalue weighted by Gasteiger charge is -2.15. The Morgan fingerprint density at radius 2 is 1.81 bits per heavy atom. The topological polar surface area (TPSA) is 75.3 Å². The molecule has 1 heterocycles. The van der Waals surface area contributed by atoms with Crippen molar-refractivity contribution in [2.75, 3.05) is 23.1 Å². The molecule has 3 N–H and O–H groups in total. The average molecular weight is 425 g/mol. The maximum atomic E-state index is 12.4. The minimum Gasteiger partial charge on any atom is -0.495 e. The molecule has 2 amide bonds. The van der Waals surface area contributed by atoms with Crippen LogP contribution in [-0.2, 0) is 6.42 Å². The minimum atomic E-state index is -0.333. The number of ether oxygens (including phenoxy) is 1. The van der Waals surface area contributed by atoms with Crippen molar-refractivity contribution in [2.24, 2.45) is 0 Å². The van der Waals surface area contributed by atoms with Crippen molar-refractivity contribution in [3.63, 3.8) is 0 Å². The van der Waals surface area contributed by atoms with Gasteiger partial charge < -0.3 is 20.7 Å². The summed E-state index contributed by atoms with van der Waals surface area (Å²) in [6.45, 7) is 0. The number of methoxy groups -OCH3 is 1. The summed E-state index contributed by atoms with van der Waals surface area (Å²) < 4.78 is 5.28. The number of pyridine rings is 1. The van der Waals surface area contributed by atoms with Crippen LogP contribution in [-0.4, -0.2) is 18.1 Å². The Morgan fingerprint density at radius 3 is 2.72 bits per heavy atom. The number of benzene rings is 3. The Morgan fingerprint density at radius 1 is 0.969 bits per heavy atom. The van der Waals surface area contributed by atoms with E-state index >= 15 is 0 Å². The van der Waals surface area contributed by atoms with E-state index in [2.05, 4.69) is 40.2 Å². The number of aryl methyl sites for hydroxylation is 1. The molecule has 6 heteroatoms. The summed E-state index contributed by atoms with van der Waals surface area (Å²) in [5.74, 6) is 1.46. The Kier molecular flexibility index (Phi) is 5.34. The molecule has 0 saturated carbocycles. The van der Waals surface area contributed by atoms with Gasteiger partial charge in [-0.05, 0) is 66.4 Å². The van der Waals surface area contributed by atoms with E-state index in [0.717, 1.165) is 29.6 Å². The zero-order valence-electron chi connectivity index (χ0n) is 17.8. The molecule has 1 aliphatic rings. The first kappa shape index (κ1) is 19.9. The Bertz CT molecular complexity index is 1290. The van der Waals surface area contributed by atoms with Crippen molar-refractivity contribution in [3.8, 4) is 5.75 Å². The Hall–Kier alpha value is -4.06. The van der Waals surface area contributed by atoms with E-state index in [4.69, 9.17) is 9.72 Å². The fraction of sp³-hybridized carbons (Fsp3) is 0.154. The molecule has 0 spiro atoms. The molecule has 1 atom stereocenters. The van der Waals surface area contributed by atoms with Crippen molar-refractivity contribution in [2.45, 2.75) is 18.9 Å². The lowest BCUT2D eigenvalue weighted by molar-refractivity contribution is 0.262. The average Bonchev–Trinajstić information content (AvgIpc) is 3.22. The number of carbonyl (C=O) groups is 1. The van der Waals surface area contributed by atoms with E-state index in [1.807, 2.05) is 42.5 Å². The molecule has 4 aromatic rings. The van der Waals surface area contributed by atoms with Crippen LogP contribution in [0.1, 0.15) is 23.6 Å². The monoisotopic (exact) mass is 424 g/mol. The molecule has 0 unspecified atom stereocenters. The van der Waals surface area contributed by atoms with E-state index in [-0.39, 0.29) is 12.1 Å². The highest BCUT2D eigenvalue weighted by atomic mass is 16.5. The van der Waals surface area contributed by atoms with E-state index in [9.17, 15) is 4.79 Å². The highest BCUT2D eigenvalue weighted by Gasteiger charge is 2.21. The van der Waals surface area contributed by atoms with E-state index in [1.54, 1.807) is 19.2 Å². The van der Waals surface area contributed by atoms with Crippen LogP contribution in [0.2, 0.25) is 0 Å². The number of hydrogen-bond donors (Lipinski definition) is 3. The summed E-state index contributed by atoms with van der Waals surface area (Å²) in [7, 11) is 1.57. The molecule has 0 bridgehead atoms. The molecular formula is C26H24N4O2. The van der Waals surface area contributed by atoms with Gasteiger partial charge in [0.1, 0.15) is 11.6 Å². The van der Waals surface area contributed by atoms with Gasteiger partial charge in [-0.25, -0.2) is 9.78 Å². The molecule has 0 fully saturated rings. The third-order valence-corrected chi connectivity index (χ3v) is 5.76. The molecule has 0 aliphatic heterocycles. The number of hydrogen-bond acceptors (Lipinski definition) is 4. The molecule has 32 heavy (non-hydrogen) atoms. The maximum absolute atomic E-state index is 12.4. The van der Waals surface area contributed by atoms with Crippen LogP contribution in [0.25, 0.3) is 10.9 Å². The van der Waals surface area contributed by atoms with Crippen LogP contribution in [0.3, 0.4) is 0 Å². The summed E-state index contributed by atoms with van der Waals surface area (Å²) in [4.78, 5) is 17.2. The summed E-state index contributed by atoms with van der Waals surface area (Å²) in [5.41, 5.74) is 4.94. The lowest BCUT2D eigenvalue weighted by Crippen LogP contribution is -2.19. The van der Waals surface area contributed by atoms with Crippen molar-refractivity contribution in [3.05, 3.63) is 90.0 Å². The third-order valence-electron chi connectivity index (χ3n) is 5.76. The van der Waals surface area contributed by atoms with Crippen LogP contribution in [0, 0.1) is 0 Å². The third kappa shape index (κ3) is 4.07. The van der Waals surface area contributed by atoms with E-state index in [1.165, 1.54) is 11.1 Å². The standard InChI is InChI=1S/C26H24N4O2/c1-32-24-9-5-4-8-23(24)30-26(31)27-19-12-14-21-18(16-19)11-15-25(28-21)29-22-13-10-17-6-2-3-7-20(17)22/h2-9,11-12,14-16,22H,10,13H2,1H3,(H,28,29)(H2,27,30,31)/t22-/m1/s1. The normalized spacial score (nSPS) is 14.6. The zero-order valence-corrected chi connectivity index (χ0v) is 17.8. The number of nitrogens with zero attached hydrogens (tertiary/aromatic N) is 1. The van der Waals surface area contributed by atoms with Gasteiger partial charge in [0.25, 0.3) is 0 Å². The second-order valence-corrected chi connectivity index (χ2v) is 7.82. The second kappa shape index (κ2) is 8.59. The zero-order chi connectivity index (χ0) is 21.9. The number of fused-ring (bicyclic) bond motifs is 2. The molecule has 5 rings (SSSR count). The summed E-state index contributed by atoms with van der Waals surface area (Å²) in [5, 5.41) is 10.2. The van der Waals surface area contributed by atoms with Gasteiger partial charge in [0.2, 0.25) is 0 Å². The van der Waals surface area contributed by atoms with Gasteiger partial charge in [0.15, 0.2) is 0 Å². The number of rotatable bonds is 5. The molecule has 3 aromatic carbocycles. The van der Waals surface area contributed by atoms with Crippen LogP contribution < -0.4 is 20.7 Å². The van der Waals surface area contributed by atoms with Gasteiger partial charge in [-0.2, -0.15) is 0 Å². The van der Waals surface area contributed by atoms with Crippen LogP contribution in [0.15, 0.2) is 78.9 Å². The predicted molar refractivity (Wildman–Crippen MR) is 129 cm³/mol. The number of amides is 2. The number of urea groups is 1. The van der Waals surface area contributed by atoms with Crippen molar-refractivity contribution < 1.29 is 9.53 Å². The second-order valence-electron chi connectivity index (χ2n) is 7.82. The number of para-hydroxylation sites is 2. The fourth-order valence-corrected chi connectivity index (χ4v) is 4.20. The molecule has 6 nitrogen and oxygen atoms in total. The predicted octanol–water partition coefficient (Wildman–Crippen LogP) is 5.99. The van der Waals surface area contributed by atoms with Gasteiger partial charge in [0, 0.05) is 11.1 Å². The molecule has 0 saturated heterocycles.